The predicted molar refractivity (Wildman–Crippen MR) is 101 cm³/mol. The van der Waals surface area contributed by atoms with E-state index >= 15 is 0 Å². The highest BCUT2D eigenvalue weighted by Crippen LogP contribution is 2.37. The lowest BCUT2D eigenvalue weighted by molar-refractivity contribution is -0.121. The summed E-state index contributed by atoms with van der Waals surface area (Å²) in [6.45, 7) is 1.97. The van der Waals surface area contributed by atoms with E-state index in [0.29, 0.717) is 20.8 Å². The molecule has 1 saturated heterocycles. The summed E-state index contributed by atoms with van der Waals surface area (Å²) in [6, 6.07) is 3.07. The maximum Gasteiger partial charge on any atom is 0.293 e. The molecular formula is C17H14BrN3O4S. The Bertz CT molecular complexity index is 915. The topological polar surface area (TPSA) is 92.6 Å². The molecule has 1 aromatic carbocycles. The minimum Gasteiger partial charge on any atom is -0.504 e. The summed E-state index contributed by atoms with van der Waals surface area (Å²) in [5.74, 6) is 0.494. The largest absolute Gasteiger partial charge is 0.504 e. The number of thioether (sulfide) groups is 1. The van der Waals surface area contributed by atoms with Crippen molar-refractivity contribution in [1.82, 2.24) is 14.9 Å². The van der Waals surface area contributed by atoms with Crippen molar-refractivity contribution >= 4 is 44.9 Å². The van der Waals surface area contributed by atoms with Gasteiger partial charge in [0.25, 0.3) is 11.1 Å². The van der Waals surface area contributed by atoms with Crippen LogP contribution >= 0.6 is 27.7 Å². The first-order valence-electron chi connectivity index (χ1n) is 7.49. The number of imide groups is 1. The van der Waals surface area contributed by atoms with Crippen LogP contribution in [0.25, 0.3) is 6.08 Å². The Labute approximate surface area is 162 Å². The van der Waals surface area contributed by atoms with Gasteiger partial charge in [0.1, 0.15) is 12.4 Å². The number of carbonyl (C=O) groups is 2. The molecule has 0 atom stereocenters. The molecule has 0 aliphatic carbocycles. The lowest BCUT2D eigenvalue weighted by Gasteiger charge is -2.10. The number of benzene rings is 1. The first-order valence-corrected chi connectivity index (χ1v) is 9.10. The normalized spacial score (nSPS) is 15.8. The molecule has 1 N–H and O–H groups in total. The predicted octanol–water partition coefficient (Wildman–Crippen LogP) is 3.50. The van der Waals surface area contributed by atoms with Gasteiger partial charge in [-0.3, -0.25) is 14.5 Å². The Hall–Kier alpha value is -2.39. The first kappa shape index (κ1) is 18.4. The number of amides is 2. The number of aromatic hydroxyl groups is 1. The van der Waals surface area contributed by atoms with Gasteiger partial charge in [-0.1, -0.05) is 15.9 Å². The smallest absolute Gasteiger partial charge is 0.293 e. The van der Waals surface area contributed by atoms with E-state index in [4.69, 9.17) is 4.74 Å². The molecule has 2 amide bonds. The van der Waals surface area contributed by atoms with E-state index in [9.17, 15) is 14.7 Å². The molecule has 2 aromatic rings. The van der Waals surface area contributed by atoms with E-state index in [1.807, 2.05) is 0 Å². The maximum absolute atomic E-state index is 12.0. The summed E-state index contributed by atoms with van der Waals surface area (Å²) >= 11 is 4.21. The van der Waals surface area contributed by atoms with Crippen molar-refractivity contribution in [3.63, 3.8) is 0 Å². The van der Waals surface area contributed by atoms with Crippen molar-refractivity contribution in [2.75, 3.05) is 7.05 Å². The summed E-state index contributed by atoms with van der Waals surface area (Å²) in [4.78, 5) is 33.2. The van der Waals surface area contributed by atoms with Gasteiger partial charge in [0, 0.05) is 29.5 Å². The van der Waals surface area contributed by atoms with Crippen LogP contribution in [0.1, 0.15) is 17.0 Å². The van der Waals surface area contributed by atoms with Crippen LogP contribution in [0.5, 0.6) is 11.5 Å². The lowest BCUT2D eigenvalue weighted by Crippen LogP contribution is -2.22. The van der Waals surface area contributed by atoms with E-state index in [1.54, 1.807) is 31.5 Å². The van der Waals surface area contributed by atoms with Crippen LogP contribution in [0.2, 0.25) is 0 Å². The second-order valence-electron chi connectivity index (χ2n) is 5.51. The highest BCUT2D eigenvalue weighted by atomic mass is 79.9. The fourth-order valence-electron chi connectivity index (χ4n) is 2.13. The number of rotatable bonds is 4. The molecule has 0 spiro atoms. The average Bonchev–Trinajstić information content (AvgIpc) is 2.84. The molecule has 0 saturated carbocycles. The highest BCUT2D eigenvalue weighted by molar-refractivity contribution is 9.10. The second kappa shape index (κ2) is 7.46. The molecule has 0 radical (unpaired) electrons. The number of aryl methyl sites for hydroxylation is 1. The number of ether oxygens (including phenoxy) is 1. The summed E-state index contributed by atoms with van der Waals surface area (Å²) < 4.78 is 6.22. The van der Waals surface area contributed by atoms with Gasteiger partial charge >= 0.3 is 0 Å². The molecule has 1 fully saturated rings. The molecule has 9 heteroatoms. The number of phenols is 1. The zero-order chi connectivity index (χ0) is 18.8. The maximum atomic E-state index is 12.0. The molecule has 26 heavy (non-hydrogen) atoms. The van der Waals surface area contributed by atoms with Crippen LogP contribution in [0.3, 0.4) is 0 Å². The molecule has 3 rings (SSSR count). The summed E-state index contributed by atoms with van der Waals surface area (Å²) in [7, 11) is 1.43. The Kier molecular flexibility index (Phi) is 5.28. The van der Waals surface area contributed by atoms with Crippen molar-refractivity contribution in [2.24, 2.45) is 0 Å². The van der Waals surface area contributed by atoms with E-state index < -0.39 is 0 Å². The average molecular weight is 436 g/mol. The molecule has 1 aliphatic heterocycles. The zero-order valence-electron chi connectivity index (χ0n) is 13.9. The Morgan fingerprint density at radius 2 is 2.00 bits per heavy atom. The lowest BCUT2D eigenvalue weighted by atomic mass is 10.2. The third kappa shape index (κ3) is 3.88. The Morgan fingerprint density at radius 1 is 1.31 bits per heavy atom. The number of nitrogens with zero attached hydrogens (tertiary/aromatic N) is 3. The van der Waals surface area contributed by atoms with Gasteiger partial charge in [0.2, 0.25) is 0 Å². The quantitative estimate of drug-likeness (QED) is 0.734. The van der Waals surface area contributed by atoms with Crippen LogP contribution in [0.4, 0.5) is 4.79 Å². The van der Waals surface area contributed by atoms with Gasteiger partial charge in [-0.15, -0.1) is 0 Å². The van der Waals surface area contributed by atoms with Crippen molar-refractivity contribution in [3.05, 3.63) is 50.9 Å². The van der Waals surface area contributed by atoms with Gasteiger partial charge in [-0.2, -0.15) is 0 Å². The minimum atomic E-state index is -0.362. The molecule has 134 valence electrons. The number of hydrogen-bond acceptors (Lipinski definition) is 7. The molecule has 0 bridgehead atoms. The monoisotopic (exact) mass is 435 g/mol. The Balaban J connectivity index is 1.84. The van der Waals surface area contributed by atoms with Crippen molar-refractivity contribution in [3.8, 4) is 11.5 Å². The zero-order valence-corrected chi connectivity index (χ0v) is 16.3. The molecule has 0 unspecified atom stereocenters. The Morgan fingerprint density at radius 3 is 2.62 bits per heavy atom. The number of aromatic nitrogens is 2. The van der Waals surface area contributed by atoms with E-state index in [0.717, 1.165) is 22.2 Å². The van der Waals surface area contributed by atoms with Crippen LogP contribution in [-0.2, 0) is 11.4 Å². The van der Waals surface area contributed by atoms with E-state index in [-0.39, 0.29) is 29.3 Å². The van der Waals surface area contributed by atoms with Crippen LogP contribution in [0.15, 0.2) is 33.9 Å². The van der Waals surface area contributed by atoms with Gasteiger partial charge < -0.3 is 9.84 Å². The van der Waals surface area contributed by atoms with E-state index in [1.165, 1.54) is 13.1 Å². The van der Waals surface area contributed by atoms with Gasteiger partial charge in [-0.05, 0) is 42.5 Å². The highest BCUT2D eigenvalue weighted by Gasteiger charge is 2.32. The summed E-state index contributed by atoms with van der Waals surface area (Å²) in [5, 5.41) is 9.77. The number of carbonyl (C=O) groups excluding carboxylic acids is 2. The fourth-order valence-corrected chi connectivity index (χ4v) is 3.39. The molecule has 1 aliphatic rings. The minimum absolute atomic E-state index is 0.0503. The fraction of sp³-hybridized carbons (Fsp3) is 0.176. The second-order valence-corrected chi connectivity index (χ2v) is 7.36. The number of phenolic OH excluding ortho intramolecular Hbond substituents is 1. The summed E-state index contributed by atoms with van der Waals surface area (Å²) in [5.41, 5.74) is 1.36. The third-order valence-electron chi connectivity index (χ3n) is 3.58. The molecule has 1 aromatic heterocycles. The first-order chi connectivity index (χ1) is 12.3. The summed E-state index contributed by atoms with van der Waals surface area (Å²) in [6.07, 6.45) is 4.88. The van der Waals surface area contributed by atoms with Gasteiger partial charge in [0.05, 0.1) is 4.91 Å². The SMILES string of the molecule is Cc1ncc(COc2cc(/C=C3\SC(=O)N(C)C3=O)c(Br)cc2O)cn1. The standard InChI is InChI=1S/C17H14BrN3O4S/c1-9-19-6-10(7-20-9)8-25-14-3-11(12(18)5-13(14)22)4-15-16(23)21(2)17(24)26-15/h3-7,22H,8H2,1-2H3/b15-4-. The van der Waals surface area contributed by atoms with Crippen LogP contribution < -0.4 is 4.74 Å². The van der Waals surface area contributed by atoms with Crippen molar-refractivity contribution in [2.45, 2.75) is 13.5 Å². The molecule has 7 nitrogen and oxygen atoms in total. The number of likely N-dealkylation sites (N-methyl/N-ethyl adjacent to an activating group) is 1. The molecule has 2 heterocycles. The van der Waals surface area contributed by atoms with Crippen LogP contribution in [0, 0.1) is 6.92 Å². The van der Waals surface area contributed by atoms with Gasteiger partial charge in [0.15, 0.2) is 11.5 Å². The number of hydrogen-bond donors (Lipinski definition) is 1. The third-order valence-corrected chi connectivity index (χ3v) is 5.23. The van der Waals surface area contributed by atoms with Crippen molar-refractivity contribution in [1.29, 1.82) is 0 Å². The van der Waals surface area contributed by atoms with Crippen molar-refractivity contribution < 1.29 is 19.4 Å². The van der Waals surface area contributed by atoms with Crippen LogP contribution in [-0.4, -0.2) is 38.2 Å². The van der Waals surface area contributed by atoms with E-state index in [2.05, 4.69) is 25.9 Å². The number of halogens is 1. The van der Waals surface area contributed by atoms with Gasteiger partial charge in [-0.25, -0.2) is 9.97 Å². The molecular weight excluding hydrogens is 422 g/mol.